The molecule has 2 rings (SSSR count). The van der Waals surface area contributed by atoms with Crippen LogP contribution in [0, 0.1) is 0 Å². The molecule has 0 saturated carbocycles. The van der Waals surface area contributed by atoms with Crippen LogP contribution < -0.4 is 5.73 Å². The van der Waals surface area contributed by atoms with E-state index in [4.69, 9.17) is 5.73 Å². The molecule has 2 aromatic rings. The van der Waals surface area contributed by atoms with Gasteiger partial charge in [0.05, 0.1) is 11.7 Å². The van der Waals surface area contributed by atoms with Crippen LogP contribution in [0.1, 0.15) is 5.56 Å². The summed E-state index contributed by atoms with van der Waals surface area (Å²) in [5.74, 6) is 0. The van der Waals surface area contributed by atoms with E-state index in [1.54, 1.807) is 0 Å². The number of nitrogens with zero attached hydrogens (tertiary/aromatic N) is 2. The fourth-order valence-corrected chi connectivity index (χ4v) is 1.32. The predicted molar refractivity (Wildman–Crippen MR) is 48.6 cm³/mol. The molecule has 0 fully saturated rings. The van der Waals surface area contributed by atoms with Crippen LogP contribution in [0.25, 0.3) is 10.9 Å². The largest absolute Gasteiger partial charge is 0.326 e. The fraction of sp³-hybridized carbons (Fsp3) is 0.222. The van der Waals surface area contributed by atoms with E-state index in [9.17, 15) is 0 Å². The van der Waals surface area contributed by atoms with Crippen LogP contribution in [-0.4, -0.2) is 9.78 Å². The van der Waals surface area contributed by atoms with Crippen molar-refractivity contribution in [2.75, 3.05) is 0 Å². The van der Waals surface area contributed by atoms with Crippen molar-refractivity contribution >= 4 is 10.9 Å². The average Bonchev–Trinajstić information content (AvgIpc) is 2.47. The Morgan fingerprint density at radius 3 is 3.08 bits per heavy atom. The zero-order valence-electron chi connectivity index (χ0n) is 6.99. The molecule has 1 aromatic carbocycles. The molecule has 1 heterocycles. The Morgan fingerprint density at radius 2 is 2.33 bits per heavy atom. The monoisotopic (exact) mass is 161 g/mol. The molecule has 0 aliphatic heterocycles. The summed E-state index contributed by atoms with van der Waals surface area (Å²) < 4.78 is 1.86. The lowest BCUT2D eigenvalue weighted by molar-refractivity contribution is 0.796. The molecule has 62 valence electrons. The first kappa shape index (κ1) is 7.31. The van der Waals surface area contributed by atoms with E-state index in [2.05, 4.69) is 11.2 Å². The molecule has 0 saturated heterocycles. The van der Waals surface area contributed by atoms with Gasteiger partial charge in [-0.3, -0.25) is 4.68 Å². The van der Waals surface area contributed by atoms with Gasteiger partial charge in [0.15, 0.2) is 0 Å². The second kappa shape index (κ2) is 2.60. The summed E-state index contributed by atoms with van der Waals surface area (Å²) in [6, 6.07) is 6.15. The van der Waals surface area contributed by atoms with Gasteiger partial charge in [-0.25, -0.2) is 0 Å². The standard InChI is InChI=1S/C9H11N3/c1-12-9-4-7(5-10)2-3-8(9)6-11-12/h2-4,6H,5,10H2,1H3. The van der Waals surface area contributed by atoms with Crippen LogP contribution >= 0.6 is 0 Å². The Hall–Kier alpha value is -1.35. The summed E-state index contributed by atoms with van der Waals surface area (Å²) in [5.41, 5.74) is 7.81. The molecule has 2 N–H and O–H groups in total. The molecule has 3 heteroatoms. The van der Waals surface area contributed by atoms with E-state index in [-0.39, 0.29) is 0 Å². The minimum Gasteiger partial charge on any atom is -0.326 e. The molecule has 12 heavy (non-hydrogen) atoms. The number of fused-ring (bicyclic) bond motifs is 1. The molecular formula is C9H11N3. The summed E-state index contributed by atoms with van der Waals surface area (Å²) in [5, 5.41) is 5.31. The van der Waals surface area contributed by atoms with Crippen LogP contribution in [0.2, 0.25) is 0 Å². The number of nitrogens with two attached hydrogens (primary N) is 1. The number of hydrogen-bond acceptors (Lipinski definition) is 2. The molecule has 0 unspecified atom stereocenters. The second-order valence-corrected chi connectivity index (χ2v) is 2.87. The smallest absolute Gasteiger partial charge is 0.0682 e. The molecule has 0 amide bonds. The van der Waals surface area contributed by atoms with Gasteiger partial charge in [-0.2, -0.15) is 5.10 Å². The van der Waals surface area contributed by atoms with E-state index in [0.29, 0.717) is 6.54 Å². The van der Waals surface area contributed by atoms with Gasteiger partial charge >= 0.3 is 0 Å². The van der Waals surface area contributed by atoms with Gasteiger partial charge in [0.1, 0.15) is 0 Å². The van der Waals surface area contributed by atoms with Crippen LogP contribution in [0.4, 0.5) is 0 Å². The molecule has 1 aromatic heterocycles. The van der Waals surface area contributed by atoms with Gasteiger partial charge in [-0.1, -0.05) is 12.1 Å². The Labute approximate surface area is 70.8 Å². The van der Waals surface area contributed by atoms with Crippen molar-refractivity contribution in [1.82, 2.24) is 9.78 Å². The highest BCUT2D eigenvalue weighted by atomic mass is 15.2. The number of benzene rings is 1. The number of aromatic nitrogens is 2. The maximum atomic E-state index is 5.53. The average molecular weight is 161 g/mol. The second-order valence-electron chi connectivity index (χ2n) is 2.87. The first-order chi connectivity index (χ1) is 5.81. The molecule has 0 radical (unpaired) electrons. The van der Waals surface area contributed by atoms with Crippen LogP contribution in [0.5, 0.6) is 0 Å². The van der Waals surface area contributed by atoms with Crippen molar-refractivity contribution in [1.29, 1.82) is 0 Å². The molecule has 0 spiro atoms. The van der Waals surface area contributed by atoms with Crippen molar-refractivity contribution < 1.29 is 0 Å². The Bertz CT molecular complexity index is 403. The zero-order chi connectivity index (χ0) is 8.55. The topological polar surface area (TPSA) is 43.8 Å². The molecule has 3 nitrogen and oxygen atoms in total. The van der Waals surface area contributed by atoms with E-state index >= 15 is 0 Å². The summed E-state index contributed by atoms with van der Waals surface area (Å²) >= 11 is 0. The SMILES string of the molecule is Cn1ncc2ccc(CN)cc21. The van der Waals surface area contributed by atoms with Gasteiger partial charge in [0.2, 0.25) is 0 Å². The van der Waals surface area contributed by atoms with E-state index in [1.807, 2.05) is 30.1 Å². The van der Waals surface area contributed by atoms with Crippen molar-refractivity contribution in [2.24, 2.45) is 12.8 Å². The molecule has 0 aliphatic rings. The predicted octanol–water partition coefficient (Wildman–Crippen LogP) is 1.03. The van der Waals surface area contributed by atoms with Crippen molar-refractivity contribution in [3.8, 4) is 0 Å². The van der Waals surface area contributed by atoms with Gasteiger partial charge in [-0.05, 0) is 11.6 Å². The Morgan fingerprint density at radius 1 is 1.50 bits per heavy atom. The summed E-state index contributed by atoms with van der Waals surface area (Å²) in [4.78, 5) is 0. The van der Waals surface area contributed by atoms with E-state index < -0.39 is 0 Å². The fourth-order valence-electron chi connectivity index (χ4n) is 1.32. The van der Waals surface area contributed by atoms with Gasteiger partial charge in [0, 0.05) is 19.0 Å². The third-order valence-electron chi connectivity index (χ3n) is 2.05. The molecule has 0 aliphatic carbocycles. The van der Waals surface area contributed by atoms with E-state index in [1.165, 1.54) is 0 Å². The maximum Gasteiger partial charge on any atom is 0.0682 e. The third kappa shape index (κ3) is 0.987. The van der Waals surface area contributed by atoms with Crippen molar-refractivity contribution in [2.45, 2.75) is 6.54 Å². The van der Waals surface area contributed by atoms with Gasteiger partial charge in [0.25, 0.3) is 0 Å². The Balaban J connectivity index is 2.71. The third-order valence-corrected chi connectivity index (χ3v) is 2.05. The van der Waals surface area contributed by atoms with Crippen molar-refractivity contribution in [3.05, 3.63) is 30.0 Å². The zero-order valence-corrected chi connectivity index (χ0v) is 6.99. The van der Waals surface area contributed by atoms with Crippen molar-refractivity contribution in [3.63, 3.8) is 0 Å². The van der Waals surface area contributed by atoms with Gasteiger partial charge < -0.3 is 5.73 Å². The highest BCUT2D eigenvalue weighted by Crippen LogP contribution is 2.13. The minimum absolute atomic E-state index is 0.584. The molecule has 0 atom stereocenters. The van der Waals surface area contributed by atoms with E-state index in [0.717, 1.165) is 16.5 Å². The maximum absolute atomic E-state index is 5.53. The summed E-state index contributed by atoms with van der Waals surface area (Å²) in [6.45, 7) is 0.584. The number of rotatable bonds is 1. The highest BCUT2D eigenvalue weighted by molar-refractivity contribution is 5.79. The number of aryl methyl sites for hydroxylation is 1. The molecule has 0 bridgehead atoms. The van der Waals surface area contributed by atoms with Crippen LogP contribution in [0.15, 0.2) is 24.4 Å². The van der Waals surface area contributed by atoms with Gasteiger partial charge in [-0.15, -0.1) is 0 Å². The normalized spacial score (nSPS) is 10.8. The minimum atomic E-state index is 0.584. The van der Waals surface area contributed by atoms with Crippen LogP contribution in [0.3, 0.4) is 0 Å². The summed E-state index contributed by atoms with van der Waals surface area (Å²) in [7, 11) is 1.93. The Kier molecular flexibility index (Phi) is 1.59. The first-order valence-corrected chi connectivity index (χ1v) is 3.92. The quantitative estimate of drug-likeness (QED) is 0.679. The summed E-state index contributed by atoms with van der Waals surface area (Å²) in [6.07, 6.45) is 1.86. The van der Waals surface area contributed by atoms with Crippen LogP contribution in [-0.2, 0) is 13.6 Å². The highest BCUT2D eigenvalue weighted by Gasteiger charge is 1.98. The first-order valence-electron chi connectivity index (χ1n) is 3.92. The molecular weight excluding hydrogens is 150 g/mol. The lowest BCUT2D eigenvalue weighted by Crippen LogP contribution is -1.96. The lowest BCUT2D eigenvalue weighted by Gasteiger charge is -1.97. The lowest BCUT2D eigenvalue weighted by atomic mass is 10.2. The number of hydrogen-bond donors (Lipinski definition) is 1.